The number of carbonyl (C=O) groups excluding carboxylic acids is 2. The fraction of sp³-hybridized carbons (Fsp3) is 0.714. The molecule has 2 saturated heterocycles. The van der Waals surface area contributed by atoms with Gasteiger partial charge in [-0.25, -0.2) is 0 Å². The van der Waals surface area contributed by atoms with Crippen molar-refractivity contribution >= 4 is 11.8 Å². The van der Waals surface area contributed by atoms with E-state index in [0.717, 1.165) is 51.9 Å². The van der Waals surface area contributed by atoms with E-state index in [1.807, 2.05) is 9.80 Å². The number of hydrogen-bond donors (Lipinski definition) is 0. The van der Waals surface area contributed by atoms with Crippen LogP contribution in [0.5, 0.6) is 0 Å². The third-order valence-corrected chi connectivity index (χ3v) is 3.70. The number of piperidine rings is 2. The first-order valence-corrected chi connectivity index (χ1v) is 7.03. The van der Waals surface area contributed by atoms with Gasteiger partial charge in [0.25, 0.3) is 0 Å². The van der Waals surface area contributed by atoms with Gasteiger partial charge in [-0.1, -0.05) is 0 Å². The highest BCUT2D eigenvalue weighted by atomic mass is 16.2. The van der Waals surface area contributed by atoms with E-state index in [-0.39, 0.29) is 11.8 Å². The molecule has 0 saturated carbocycles. The molecule has 0 aliphatic carbocycles. The summed E-state index contributed by atoms with van der Waals surface area (Å²) in [6.07, 6.45) is 9.64. The molecule has 0 atom stereocenters. The van der Waals surface area contributed by atoms with Crippen molar-refractivity contribution in [3.05, 3.63) is 12.2 Å². The Labute approximate surface area is 109 Å². The normalized spacial score (nSPS) is 21.3. The first-order valence-electron chi connectivity index (χ1n) is 7.03. The summed E-state index contributed by atoms with van der Waals surface area (Å²) in [5, 5.41) is 0. The van der Waals surface area contributed by atoms with Crippen molar-refractivity contribution in [2.24, 2.45) is 0 Å². The molecule has 2 aliphatic heterocycles. The monoisotopic (exact) mass is 250 g/mol. The van der Waals surface area contributed by atoms with Crippen molar-refractivity contribution in [1.82, 2.24) is 9.80 Å². The molecule has 0 unspecified atom stereocenters. The van der Waals surface area contributed by atoms with Crippen LogP contribution in [-0.4, -0.2) is 47.8 Å². The lowest BCUT2D eigenvalue weighted by atomic mass is 10.1. The SMILES string of the molecule is O=C(/C=C/C(=O)N1CCCCC1)N1CCCCC1. The van der Waals surface area contributed by atoms with Crippen molar-refractivity contribution in [3.63, 3.8) is 0 Å². The third-order valence-electron chi connectivity index (χ3n) is 3.70. The Morgan fingerprint density at radius 1 is 0.611 bits per heavy atom. The van der Waals surface area contributed by atoms with Crippen LogP contribution in [-0.2, 0) is 9.59 Å². The summed E-state index contributed by atoms with van der Waals surface area (Å²) in [5.74, 6) is -0.0277. The molecular formula is C14H22N2O2. The summed E-state index contributed by atoms with van der Waals surface area (Å²) >= 11 is 0. The second-order valence-corrected chi connectivity index (χ2v) is 5.11. The lowest BCUT2D eigenvalue weighted by molar-refractivity contribution is -0.129. The summed E-state index contributed by atoms with van der Waals surface area (Å²) in [4.78, 5) is 27.4. The standard InChI is InChI=1S/C14H22N2O2/c17-13(15-9-3-1-4-10-15)7-8-14(18)16-11-5-2-6-12-16/h7-8H,1-6,9-12H2/b8-7+. The van der Waals surface area contributed by atoms with Crippen LogP contribution in [0, 0.1) is 0 Å². The zero-order valence-electron chi connectivity index (χ0n) is 10.9. The van der Waals surface area contributed by atoms with Gasteiger partial charge in [0.05, 0.1) is 0 Å². The van der Waals surface area contributed by atoms with Gasteiger partial charge in [0, 0.05) is 38.3 Å². The smallest absolute Gasteiger partial charge is 0.246 e. The number of hydrogen-bond acceptors (Lipinski definition) is 2. The van der Waals surface area contributed by atoms with Crippen molar-refractivity contribution in [2.45, 2.75) is 38.5 Å². The highest BCUT2D eigenvalue weighted by Crippen LogP contribution is 2.10. The summed E-state index contributed by atoms with van der Waals surface area (Å²) < 4.78 is 0. The van der Waals surface area contributed by atoms with Gasteiger partial charge in [-0.3, -0.25) is 9.59 Å². The predicted octanol–water partition coefficient (Wildman–Crippen LogP) is 1.57. The maximum absolute atomic E-state index is 11.9. The molecule has 4 heteroatoms. The molecule has 0 spiro atoms. The Morgan fingerprint density at radius 3 is 1.28 bits per heavy atom. The number of carbonyl (C=O) groups is 2. The van der Waals surface area contributed by atoms with Gasteiger partial charge in [0.15, 0.2) is 0 Å². The maximum atomic E-state index is 11.9. The van der Waals surface area contributed by atoms with E-state index >= 15 is 0 Å². The van der Waals surface area contributed by atoms with Crippen molar-refractivity contribution in [2.75, 3.05) is 26.2 Å². The first kappa shape index (κ1) is 13.1. The summed E-state index contributed by atoms with van der Waals surface area (Å²) in [6.45, 7) is 3.34. The van der Waals surface area contributed by atoms with Crippen LogP contribution in [0.4, 0.5) is 0 Å². The largest absolute Gasteiger partial charge is 0.339 e. The van der Waals surface area contributed by atoms with Crippen LogP contribution in [0.1, 0.15) is 38.5 Å². The molecule has 2 aliphatic rings. The average molecular weight is 250 g/mol. The van der Waals surface area contributed by atoms with E-state index < -0.39 is 0 Å². The van der Waals surface area contributed by atoms with Crippen molar-refractivity contribution < 1.29 is 9.59 Å². The van der Waals surface area contributed by atoms with E-state index in [9.17, 15) is 9.59 Å². The van der Waals surface area contributed by atoms with Crippen LogP contribution < -0.4 is 0 Å². The van der Waals surface area contributed by atoms with Crippen molar-refractivity contribution in [1.29, 1.82) is 0 Å². The van der Waals surface area contributed by atoms with Gasteiger partial charge in [-0.05, 0) is 38.5 Å². The highest BCUT2D eigenvalue weighted by molar-refractivity contribution is 5.96. The highest BCUT2D eigenvalue weighted by Gasteiger charge is 2.16. The lowest BCUT2D eigenvalue weighted by Crippen LogP contribution is -2.36. The van der Waals surface area contributed by atoms with Gasteiger partial charge < -0.3 is 9.80 Å². The lowest BCUT2D eigenvalue weighted by Gasteiger charge is -2.26. The molecule has 0 aromatic rings. The Hall–Kier alpha value is -1.32. The van der Waals surface area contributed by atoms with E-state index in [1.165, 1.54) is 25.0 Å². The summed E-state index contributed by atoms with van der Waals surface area (Å²) in [5.41, 5.74) is 0. The van der Waals surface area contributed by atoms with Crippen LogP contribution in [0.2, 0.25) is 0 Å². The predicted molar refractivity (Wildman–Crippen MR) is 70.0 cm³/mol. The minimum absolute atomic E-state index is 0.0138. The zero-order valence-corrected chi connectivity index (χ0v) is 10.9. The number of likely N-dealkylation sites (tertiary alicyclic amines) is 2. The Bertz CT molecular complexity index is 295. The Kier molecular flexibility index (Phi) is 4.79. The minimum Gasteiger partial charge on any atom is -0.339 e. The van der Waals surface area contributed by atoms with Gasteiger partial charge in [0.1, 0.15) is 0 Å². The van der Waals surface area contributed by atoms with E-state index in [4.69, 9.17) is 0 Å². The van der Waals surface area contributed by atoms with Gasteiger partial charge in [-0.2, -0.15) is 0 Å². The Morgan fingerprint density at radius 2 is 0.944 bits per heavy atom. The van der Waals surface area contributed by atoms with Gasteiger partial charge in [-0.15, -0.1) is 0 Å². The van der Waals surface area contributed by atoms with Crippen LogP contribution in [0.15, 0.2) is 12.2 Å². The second kappa shape index (κ2) is 6.57. The average Bonchev–Trinajstić information content (AvgIpc) is 2.46. The van der Waals surface area contributed by atoms with Crippen LogP contribution in [0.3, 0.4) is 0 Å². The zero-order chi connectivity index (χ0) is 12.8. The topological polar surface area (TPSA) is 40.6 Å². The van der Waals surface area contributed by atoms with E-state index in [0.29, 0.717) is 0 Å². The van der Waals surface area contributed by atoms with E-state index in [1.54, 1.807) is 0 Å². The molecule has 0 N–H and O–H groups in total. The minimum atomic E-state index is -0.0138. The van der Waals surface area contributed by atoms with Crippen LogP contribution in [0.25, 0.3) is 0 Å². The fourth-order valence-corrected chi connectivity index (χ4v) is 2.58. The molecule has 4 nitrogen and oxygen atoms in total. The molecule has 2 amide bonds. The number of amides is 2. The van der Waals surface area contributed by atoms with E-state index in [2.05, 4.69) is 0 Å². The molecule has 2 fully saturated rings. The summed E-state index contributed by atoms with van der Waals surface area (Å²) in [7, 11) is 0. The van der Waals surface area contributed by atoms with Gasteiger partial charge >= 0.3 is 0 Å². The quantitative estimate of drug-likeness (QED) is 0.698. The molecule has 0 radical (unpaired) electrons. The molecule has 18 heavy (non-hydrogen) atoms. The summed E-state index contributed by atoms with van der Waals surface area (Å²) in [6, 6.07) is 0. The molecule has 0 aromatic carbocycles. The molecule has 2 rings (SSSR count). The van der Waals surface area contributed by atoms with Crippen LogP contribution >= 0.6 is 0 Å². The number of nitrogens with zero attached hydrogens (tertiary/aromatic N) is 2. The second-order valence-electron chi connectivity index (χ2n) is 5.11. The third kappa shape index (κ3) is 3.59. The number of rotatable bonds is 2. The molecule has 100 valence electrons. The van der Waals surface area contributed by atoms with Crippen molar-refractivity contribution in [3.8, 4) is 0 Å². The molecule has 0 aromatic heterocycles. The molecular weight excluding hydrogens is 228 g/mol. The Balaban J connectivity index is 1.81. The molecule has 2 heterocycles. The first-order chi connectivity index (χ1) is 8.77. The van der Waals surface area contributed by atoms with Gasteiger partial charge in [0.2, 0.25) is 11.8 Å². The fourth-order valence-electron chi connectivity index (χ4n) is 2.58. The molecule has 0 bridgehead atoms. The maximum Gasteiger partial charge on any atom is 0.246 e.